The van der Waals surface area contributed by atoms with E-state index in [9.17, 15) is 15.0 Å². The van der Waals surface area contributed by atoms with Crippen molar-refractivity contribution >= 4 is 34.2 Å². The highest BCUT2D eigenvalue weighted by Gasteiger charge is 2.50. The fourth-order valence-corrected chi connectivity index (χ4v) is 5.34. The number of aliphatic imine (C=N–C) groups is 1. The standard InChI is InChI=1S/C21H21N3O5S/c25-14-9-13(20(27)22-11-4-2-1-3-5-11)19-17(18(14)26)24-21(30-19)23-12-6-7-15-16(8-12)29-10-28-15/h1-8,13-14,17-19,25-26H,9-10H2,(H,22,27)(H,23,24)/t13-,14-,17-,18+,19-/m1/s1. The van der Waals surface area contributed by atoms with Crippen LogP contribution in [-0.4, -0.2) is 51.6 Å². The van der Waals surface area contributed by atoms with Gasteiger partial charge >= 0.3 is 0 Å². The molecule has 0 saturated heterocycles. The third-order valence-corrected chi connectivity index (χ3v) is 6.80. The first-order valence-electron chi connectivity index (χ1n) is 9.71. The van der Waals surface area contributed by atoms with Gasteiger partial charge in [-0.2, -0.15) is 0 Å². The van der Waals surface area contributed by atoms with E-state index in [-0.39, 0.29) is 24.4 Å². The summed E-state index contributed by atoms with van der Waals surface area (Å²) in [5.41, 5.74) is 1.46. The summed E-state index contributed by atoms with van der Waals surface area (Å²) in [5.74, 6) is 0.663. The molecular formula is C21H21N3O5S. The second kappa shape index (κ2) is 7.82. The molecule has 1 fully saturated rings. The molecule has 8 nitrogen and oxygen atoms in total. The van der Waals surface area contributed by atoms with Gasteiger partial charge in [-0.05, 0) is 30.7 Å². The number of amidine groups is 1. The predicted molar refractivity (Wildman–Crippen MR) is 114 cm³/mol. The zero-order valence-electron chi connectivity index (χ0n) is 15.9. The number of nitrogens with one attached hydrogen (secondary N) is 2. The molecule has 0 unspecified atom stereocenters. The number of aliphatic hydroxyl groups excluding tert-OH is 2. The SMILES string of the molecule is O=C(Nc1ccccc1)[C@@H]1C[C@@H](O)[C@H](O)[C@H]2N=C(Nc3ccc4c(c3)OCO4)S[C@@H]21. The van der Waals surface area contributed by atoms with Crippen LogP contribution in [0.4, 0.5) is 11.4 Å². The Hall–Kier alpha value is -2.75. The first-order chi connectivity index (χ1) is 14.6. The van der Waals surface area contributed by atoms with Crippen LogP contribution in [0.3, 0.4) is 0 Å². The van der Waals surface area contributed by atoms with E-state index in [4.69, 9.17) is 9.47 Å². The highest BCUT2D eigenvalue weighted by Crippen LogP contribution is 2.42. The van der Waals surface area contributed by atoms with E-state index in [0.29, 0.717) is 22.4 Å². The van der Waals surface area contributed by atoms with E-state index in [1.807, 2.05) is 48.5 Å². The van der Waals surface area contributed by atoms with Crippen LogP contribution < -0.4 is 20.1 Å². The van der Waals surface area contributed by atoms with Crippen molar-refractivity contribution in [3.63, 3.8) is 0 Å². The summed E-state index contributed by atoms with van der Waals surface area (Å²) in [5, 5.41) is 27.3. The lowest BCUT2D eigenvalue weighted by Gasteiger charge is -2.37. The van der Waals surface area contributed by atoms with E-state index in [1.54, 1.807) is 0 Å². The summed E-state index contributed by atoms with van der Waals surface area (Å²) >= 11 is 1.41. The second-order valence-corrected chi connectivity index (χ2v) is 8.62. The van der Waals surface area contributed by atoms with Gasteiger partial charge < -0.3 is 30.3 Å². The van der Waals surface area contributed by atoms with Gasteiger partial charge in [0.05, 0.1) is 18.1 Å². The number of para-hydroxylation sites is 1. The van der Waals surface area contributed by atoms with Crippen LogP contribution in [-0.2, 0) is 4.79 Å². The molecule has 0 aromatic heterocycles. The summed E-state index contributed by atoms with van der Waals surface area (Å²) < 4.78 is 10.7. The molecular weight excluding hydrogens is 406 g/mol. The summed E-state index contributed by atoms with van der Waals surface area (Å²) in [6.45, 7) is 0.195. The van der Waals surface area contributed by atoms with Crippen molar-refractivity contribution in [3.8, 4) is 11.5 Å². The number of hydrogen-bond acceptors (Lipinski definition) is 8. The summed E-state index contributed by atoms with van der Waals surface area (Å²) in [7, 11) is 0. The van der Waals surface area contributed by atoms with Crippen molar-refractivity contribution in [2.24, 2.45) is 10.9 Å². The van der Waals surface area contributed by atoms with E-state index in [0.717, 1.165) is 5.69 Å². The molecule has 30 heavy (non-hydrogen) atoms. The number of carbonyl (C=O) groups is 1. The lowest BCUT2D eigenvalue weighted by Crippen LogP contribution is -2.52. The Balaban J connectivity index is 1.33. The molecule has 1 saturated carbocycles. The third-order valence-electron chi connectivity index (χ3n) is 5.49. The maximum absolute atomic E-state index is 12.9. The molecule has 4 N–H and O–H groups in total. The van der Waals surface area contributed by atoms with E-state index >= 15 is 0 Å². The number of hydrogen-bond donors (Lipinski definition) is 4. The first kappa shape index (κ1) is 19.2. The van der Waals surface area contributed by atoms with Crippen LogP contribution in [0, 0.1) is 5.92 Å². The number of nitrogens with zero attached hydrogens (tertiary/aromatic N) is 1. The maximum Gasteiger partial charge on any atom is 0.231 e. The highest BCUT2D eigenvalue weighted by molar-refractivity contribution is 8.15. The fourth-order valence-electron chi connectivity index (χ4n) is 3.96. The largest absolute Gasteiger partial charge is 0.454 e. The molecule has 3 aliphatic rings. The molecule has 2 aromatic rings. The van der Waals surface area contributed by atoms with Crippen LogP contribution >= 0.6 is 11.8 Å². The fraction of sp³-hybridized carbons (Fsp3) is 0.333. The Kier molecular flexibility index (Phi) is 5.01. The van der Waals surface area contributed by atoms with Crippen LogP contribution in [0.2, 0.25) is 0 Å². The number of aliphatic hydroxyl groups is 2. The van der Waals surface area contributed by atoms with Gasteiger partial charge in [0, 0.05) is 22.7 Å². The number of amides is 1. The summed E-state index contributed by atoms with van der Waals surface area (Å²) in [6.07, 6.45) is -1.84. The van der Waals surface area contributed by atoms with Gasteiger partial charge in [-0.3, -0.25) is 9.79 Å². The molecule has 2 aromatic carbocycles. The number of thioether (sulfide) groups is 1. The Morgan fingerprint density at radius 2 is 1.87 bits per heavy atom. The minimum absolute atomic E-state index is 0.181. The monoisotopic (exact) mass is 427 g/mol. The van der Waals surface area contributed by atoms with Crippen LogP contribution in [0.25, 0.3) is 0 Å². The van der Waals surface area contributed by atoms with E-state index in [2.05, 4.69) is 15.6 Å². The first-order valence-corrected chi connectivity index (χ1v) is 10.6. The molecule has 0 bridgehead atoms. The molecule has 1 amide bonds. The Labute approximate surface area is 177 Å². The van der Waals surface area contributed by atoms with Crippen LogP contribution in [0.5, 0.6) is 11.5 Å². The average molecular weight is 427 g/mol. The molecule has 2 aliphatic heterocycles. The Morgan fingerprint density at radius 1 is 1.07 bits per heavy atom. The number of rotatable bonds is 3. The lowest BCUT2D eigenvalue weighted by atomic mass is 9.81. The second-order valence-electron chi connectivity index (χ2n) is 7.46. The van der Waals surface area contributed by atoms with Crippen LogP contribution in [0.15, 0.2) is 53.5 Å². The zero-order valence-corrected chi connectivity index (χ0v) is 16.7. The smallest absolute Gasteiger partial charge is 0.231 e. The normalized spacial score (nSPS) is 29.1. The van der Waals surface area contributed by atoms with Gasteiger partial charge in [0.25, 0.3) is 0 Å². The van der Waals surface area contributed by atoms with Gasteiger partial charge in [-0.25, -0.2) is 0 Å². The zero-order chi connectivity index (χ0) is 20.7. The van der Waals surface area contributed by atoms with Crippen molar-refractivity contribution in [2.75, 3.05) is 17.4 Å². The van der Waals surface area contributed by atoms with Gasteiger partial charge in [0.15, 0.2) is 16.7 Å². The molecule has 1 aliphatic carbocycles. The molecule has 5 rings (SSSR count). The van der Waals surface area contributed by atoms with E-state index < -0.39 is 24.2 Å². The van der Waals surface area contributed by atoms with Gasteiger partial charge in [-0.1, -0.05) is 30.0 Å². The van der Waals surface area contributed by atoms with Crippen molar-refractivity contribution in [1.82, 2.24) is 0 Å². The molecule has 9 heteroatoms. The van der Waals surface area contributed by atoms with Crippen molar-refractivity contribution in [2.45, 2.75) is 29.9 Å². The Morgan fingerprint density at radius 3 is 2.70 bits per heavy atom. The number of anilines is 2. The van der Waals surface area contributed by atoms with Crippen molar-refractivity contribution < 1.29 is 24.5 Å². The summed E-state index contributed by atoms with van der Waals surface area (Å²) in [6, 6.07) is 14.1. The predicted octanol–water partition coefficient (Wildman–Crippen LogP) is 2.05. The third kappa shape index (κ3) is 3.60. The number of benzene rings is 2. The Bertz CT molecular complexity index is 986. The highest BCUT2D eigenvalue weighted by atomic mass is 32.2. The molecule has 2 heterocycles. The molecule has 5 atom stereocenters. The van der Waals surface area contributed by atoms with Gasteiger partial charge in [0.2, 0.25) is 12.7 Å². The topological polar surface area (TPSA) is 112 Å². The number of fused-ring (bicyclic) bond motifs is 2. The molecule has 0 radical (unpaired) electrons. The van der Waals surface area contributed by atoms with Gasteiger partial charge in [-0.15, -0.1) is 0 Å². The number of carbonyl (C=O) groups excluding carboxylic acids is 1. The summed E-state index contributed by atoms with van der Waals surface area (Å²) in [4.78, 5) is 17.5. The minimum Gasteiger partial charge on any atom is -0.454 e. The van der Waals surface area contributed by atoms with Gasteiger partial charge in [0.1, 0.15) is 6.10 Å². The maximum atomic E-state index is 12.9. The van der Waals surface area contributed by atoms with Crippen LogP contribution in [0.1, 0.15) is 6.42 Å². The van der Waals surface area contributed by atoms with Crippen molar-refractivity contribution in [1.29, 1.82) is 0 Å². The molecule has 0 spiro atoms. The van der Waals surface area contributed by atoms with E-state index in [1.165, 1.54) is 11.8 Å². The molecule has 156 valence electrons. The lowest BCUT2D eigenvalue weighted by molar-refractivity contribution is -0.124. The quantitative estimate of drug-likeness (QED) is 0.593. The van der Waals surface area contributed by atoms with Crippen molar-refractivity contribution in [3.05, 3.63) is 48.5 Å². The number of ether oxygens (including phenoxy) is 2. The minimum atomic E-state index is -1.01. The average Bonchev–Trinajstić information content (AvgIpc) is 3.38.